The molecule has 28 heavy (non-hydrogen) atoms. The van der Waals surface area contributed by atoms with Crippen LogP contribution in [0.3, 0.4) is 0 Å². The molecule has 0 bridgehead atoms. The van der Waals surface area contributed by atoms with Gasteiger partial charge in [-0.25, -0.2) is 0 Å². The normalized spacial score (nSPS) is 15.2. The van der Waals surface area contributed by atoms with Gasteiger partial charge in [-0.2, -0.15) is 0 Å². The second-order valence-electron chi connectivity index (χ2n) is 7.24. The third-order valence-electron chi connectivity index (χ3n) is 5.25. The molecule has 1 aromatic rings. The van der Waals surface area contributed by atoms with E-state index < -0.39 is 0 Å². The first kappa shape index (κ1) is 24.7. The largest absolute Gasteiger partial charge is 0.359 e. The predicted molar refractivity (Wildman–Crippen MR) is 123 cm³/mol. The van der Waals surface area contributed by atoms with E-state index in [1.165, 1.54) is 19.3 Å². The van der Waals surface area contributed by atoms with Gasteiger partial charge in [-0.3, -0.25) is 9.79 Å². The van der Waals surface area contributed by atoms with Crippen molar-refractivity contribution in [2.24, 2.45) is 4.99 Å². The zero-order chi connectivity index (χ0) is 19.5. The minimum atomic E-state index is 0. The van der Waals surface area contributed by atoms with E-state index in [1.807, 2.05) is 6.07 Å². The van der Waals surface area contributed by atoms with Gasteiger partial charge < -0.3 is 20.5 Å². The lowest BCUT2D eigenvalue weighted by molar-refractivity contribution is -0.121. The highest BCUT2D eigenvalue weighted by Gasteiger charge is 2.16. The quantitative estimate of drug-likeness (QED) is 0.271. The van der Waals surface area contributed by atoms with Gasteiger partial charge in [0.1, 0.15) is 0 Å². The minimum absolute atomic E-state index is 0. The van der Waals surface area contributed by atoms with Crippen LogP contribution in [0.4, 0.5) is 0 Å². The second kappa shape index (κ2) is 13.8. The molecular weight excluding hydrogens is 469 g/mol. The SMILES string of the molecule is CCC(CC)c1cc(CNC(=NC)NCCC(=O)NC2CCCCC2)on1.I. The van der Waals surface area contributed by atoms with Crippen molar-refractivity contribution in [3.05, 3.63) is 17.5 Å². The molecule has 7 nitrogen and oxygen atoms in total. The molecule has 0 atom stereocenters. The average molecular weight is 505 g/mol. The Kier molecular flexibility index (Phi) is 12.2. The van der Waals surface area contributed by atoms with Crippen molar-refractivity contribution in [2.45, 2.75) is 83.7 Å². The van der Waals surface area contributed by atoms with Crippen molar-refractivity contribution in [3.63, 3.8) is 0 Å². The molecule has 0 radical (unpaired) electrons. The molecule has 160 valence electrons. The topological polar surface area (TPSA) is 91.5 Å². The van der Waals surface area contributed by atoms with Gasteiger partial charge in [0.2, 0.25) is 5.91 Å². The van der Waals surface area contributed by atoms with Crippen LogP contribution in [-0.2, 0) is 11.3 Å². The zero-order valence-corrected chi connectivity index (χ0v) is 19.8. The highest BCUT2D eigenvalue weighted by atomic mass is 127. The molecule has 8 heteroatoms. The number of hydrogen-bond donors (Lipinski definition) is 3. The van der Waals surface area contributed by atoms with Gasteiger partial charge in [-0.1, -0.05) is 38.3 Å². The lowest BCUT2D eigenvalue weighted by atomic mass is 9.95. The van der Waals surface area contributed by atoms with Crippen LogP contribution in [0.5, 0.6) is 0 Å². The lowest BCUT2D eigenvalue weighted by Gasteiger charge is -2.22. The molecule has 0 spiro atoms. The molecular formula is C20H36IN5O2. The number of halogens is 1. The van der Waals surface area contributed by atoms with E-state index in [0.717, 1.165) is 37.1 Å². The fourth-order valence-electron chi connectivity index (χ4n) is 3.54. The van der Waals surface area contributed by atoms with Crippen molar-refractivity contribution in [1.82, 2.24) is 21.1 Å². The maximum absolute atomic E-state index is 12.0. The summed E-state index contributed by atoms with van der Waals surface area (Å²) in [5, 5.41) is 13.7. The highest BCUT2D eigenvalue weighted by Crippen LogP contribution is 2.22. The van der Waals surface area contributed by atoms with Gasteiger partial charge in [0.25, 0.3) is 0 Å². The number of guanidine groups is 1. The van der Waals surface area contributed by atoms with Crippen molar-refractivity contribution < 1.29 is 9.32 Å². The second-order valence-corrected chi connectivity index (χ2v) is 7.24. The van der Waals surface area contributed by atoms with E-state index in [-0.39, 0.29) is 29.9 Å². The van der Waals surface area contributed by atoms with Crippen LogP contribution in [0.25, 0.3) is 0 Å². The highest BCUT2D eigenvalue weighted by molar-refractivity contribution is 14.0. The maximum Gasteiger partial charge on any atom is 0.221 e. The molecule has 0 aliphatic heterocycles. The summed E-state index contributed by atoms with van der Waals surface area (Å²) >= 11 is 0. The summed E-state index contributed by atoms with van der Waals surface area (Å²) in [5.41, 5.74) is 1.01. The fraction of sp³-hybridized carbons (Fsp3) is 0.750. The number of rotatable bonds is 9. The first-order valence-electron chi connectivity index (χ1n) is 10.4. The molecule has 0 aromatic carbocycles. The molecule has 3 N–H and O–H groups in total. The van der Waals surface area contributed by atoms with Gasteiger partial charge in [0.05, 0.1) is 12.2 Å². The summed E-state index contributed by atoms with van der Waals surface area (Å²) in [6.45, 7) is 5.39. The summed E-state index contributed by atoms with van der Waals surface area (Å²) in [5.74, 6) is 1.99. The Balaban J connectivity index is 0.00000392. The predicted octanol–water partition coefficient (Wildman–Crippen LogP) is 3.70. The number of nitrogens with one attached hydrogen (secondary N) is 3. The van der Waals surface area contributed by atoms with Crippen LogP contribution in [0.2, 0.25) is 0 Å². The Hall–Kier alpha value is -1.32. The molecule has 0 saturated heterocycles. The number of hydrogen-bond acceptors (Lipinski definition) is 4. The van der Waals surface area contributed by atoms with Crippen LogP contribution >= 0.6 is 24.0 Å². The van der Waals surface area contributed by atoms with Gasteiger partial charge in [-0.05, 0) is 25.7 Å². The zero-order valence-electron chi connectivity index (χ0n) is 17.4. The number of nitrogens with zero attached hydrogens (tertiary/aromatic N) is 2. The summed E-state index contributed by atoms with van der Waals surface area (Å²) in [4.78, 5) is 16.2. The summed E-state index contributed by atoms with van der Waals surface area (Å²) in [7, 11) is 1.72. The van der Waals surface area contributed by atoms with E-state index in [9.17, 15) is 4.79 Å². The third-order valence-corrected chi connectivity index (χ3v) is 5.25. The first-order valence-corrected chi connectivity index (χ1v) is 10.4. The van der Waals surface area contributed by atoms with Gasteiger partial charge in [0, 0.05) is 38.0 Å². The van der Waals surface area contributed by atoms with Crippen LogP contribution in [-0.4, -0.2) is 36.7 Å². The average Bonchev–Trinajstić information content (AvgIpc) is 3.15. The Morgan fingerprint density at radius 3 is 2.61 bits per heavy atom. The molecule has 1 aliphatic carbocycles. The molecule has 1 saturated carbocycles. The number of aromatic nitrogens is 1. The maximum atomic E-state index is 12.0. The van der Waals surface area contributed by atoms with Gasteiger partial charge >= 0.3 is 0 Å². The number of aliphatic imine (C=N–C) groups is 1. The molecule has 1 aliphatic rings. The molecule has 1 heterocycles. The molecule has 0 unspecified atom stereocenters. The standard InChI is InChI=1S/C20H35N5O2.HI/c1-4-15(5-2)18-13-17(27-25-18)14-23-20(21-3)22-12-11-19(26)24-16-9-7-6-8-10-16;/h13,15-16H,4-12,14H2,1-3H3,(H,24,26)(H2,21,22,23);1H. The number of carbonyl (C=O) groups is 1. The van der Waals surface area contributed by atoms with Gasteiger partial charge in [0.15, 0.2) is 11.7 Å². The summed E-state index contributed by atoms with van der Waals surface area (Å²) in [6, 6.07) is 2.37. The van der Waals surface area contributed by atoms with Crippen LogP contribution in [0, 0.1) is 0 Å². The van der Waals surface area contributed by atoms with Crippen molar-refractivity contribution in [3.8, 4) is 0 Å². The van der Waals surface area contributed by atoms with E-state index in [4.69, 9.17) is 4.52 Å². The Bertz CT molecular complexity index is 595. The van der Waals surface area contributed by atoms with E-state index in [0.29, 0.717) is 37.4 Å². The van der Waals surface area contributed by atoms with E-state index in [1.54, 1.807) is 7.05 Å². The lowest BCUT2D eigenvalue weighted by Crippen LogP contribution is -2.41. The van der Waals surface area contributed by atoms with Crippen LogP contribution < -0.4 is 16.0 Å². The van der Waals surface area contributed by atoms with Gasteiger partial charge in [-0.15, -0.1) is 24.0 Å². The molecule has 1 fully saturated rings. The Morgan fingerprint density at radius 1 is 1.25 bits per heavy atom. The number of carbonyl (C=O) groups excluding carboxylic acids is 1. The third kappa shape index (κ3) is 8.36. The summed E-state index contributed by atoms with van der Waals surface area (Å²) in [6.07, 6.45) is 8.51. The van der Waals surface area contributed by atoms with Crippen molar-refractivity contribution in [2.75, 3.05) is 13.6 Å². The Morgan fingerprint density at radius 2 is 1.96 bits per heavy atom. The fourth-order valence-corrected chi connectivity index (χ4v) is 3.54. The van der Waals surface area contributed by atoms with Crippen molar-refractivity contribution in [1.29, 1.82) is 0 Å². The first-order chi connectivity index (χ1) is 13.2. The van der Waals surface area contributed by atoms with E-state index in [2.05, 4.69) is 39.9 Å². The van der Waals surface area contributed by atoms with Crippen LogP contribution in [0.15, 0.2) is 15.6 Å². The Labute approximate surface area is 185 Å². The minimum Gasteiger partial charge on any atom is -0.359 e. The molecule has 1 amide bonds. The summed E-state index contributed by atoms with van der Waals surface area (Å²) < 4.78 is 5.41. The smallest absolute Gasteiger partial charge is 0.221 e. The molecule has 1 aromatic heterocycles. The number of amides is 1. The monoisotopic (exact) mass is 505 g/mol. The van der Waals surface area contributed by atoms with Crippen LogP contribution in [0.1, 0.15) is 82.6 Å². The molecule has 2 rings (SSSR count). The van der Waals surface area contributed by atoms with Crippen molar-refractivity contribution >= 4 is 35.8 Å². The van der Waals surface area contributed by atoms with E-state index >= 15 is 0 Å².